The molecule has 0 amide bonds. The highest BCUT2D eigenvalue weighted by molar-refractivity contribution is 4.72. The minimum atomic E-state index is 0.252. The molecule has 1 aliphatic heterocycles. The Kier molecular flexibility index (Phi) is 11.7. The van der Waals surface area contributed by atoms with Crippen LogP contribution in [0.25, 0.3) is 0 Å². The van der Waals surface area contributed by atoms with Crippen LogP contribution in [0.1, 0.15) is 27.2 Å². The van der Waals surface area contributed by atoms with Crippen molar-refractivity contribution < 1.29 is 4.74 Å². The third-order valence-electron chi connectivity index (χ3n) is 3.12. The first kappa shape index (κ1) is 17.8. The van der Waals surface area contributed by atoms with Crippen molar-refractivity contribution in [1.29, 1.82) is 0 Å². The van der Waals surface area contributed by atoms with Gasteiger partial charge in [-0.3, -0.25) is 16.2 Å². The summed E-state index contributed by atoms with van der Waals surface area (Å²) >= 11 is 0. The molecular weight excluding hydrogens is 228 g/mol. The maximum absolute atomic E-state index is 5.60. The zero-order chi connectivity index (χ0) is 13.8. The summed E-state index contributed by atoms with van der Waals surface area (Å²) in [6.45, 7) is 13.3. The molecule has 1 fully saturated rings. The van der Waals surface area contributed by atoms with Crippen LogP contribution in [-0.2, 0) is 4.74 Å². The van der Waals surface area contributed by atoms with Gasteiger partial charge in [-0.2, -0.15) is 0 Å². The molecule has 5 heteroatoms. The number of hydrogen-bond donors (Lipinski definition) is 2. The summed E-state index contributed by atoms with van der Waals surface area (Å²) in [5.74, 6) is 5.31. The number of ether oxygens (including phenoxy) is 1. The van der Waals surface area contributed by atoms with Gasteiger partial charge in [-0.1, -0.05) is 20.8 Å². The third kappa shape index (κ3) is 8.00. The van der Waals surface area contributed by atoms with Crippen molar-refractivity contribution in [2.75, 3.05) is 52.9 Å². The molecule has 1 atom stereocenters. The fourth-order valence-electron chi connectivity index (χ4n) is 1.96. The van der Waals surface area contributed by atoms with E-state index in [0.29, 0.717) is 0 Å². The number of hydrazine groups is 1. The Balaban J connectivity index is 0.00000137. The van der Waals surface area contributed by atoms with E-state index in [4.69, 9.17) is 10.6 Å². The quantitative estimate of drug-likeness (QED) is 0.516. The van der Waals surface area contributed by atoms with Gasteiger partial charge in [0.25, 0.3) is 0 Å². The molecule has 3 N–H and O–H groups in total. The number of nitrogens with zero attached hydrogens (tertiary/aromatic N) is 2. The van der Waals surface area contributed by atoms with Gasteiger partial charge in [-0.15, -0.1) is 0 Å². The second-order valence-corrected chi connectivity index (χ2v) is 4.45. The zero-order valence-electron chi connectivity index (χ0n) is 12.6. The second kappa shape index (κ2) is 11.9. The summed E-state index contributed by atoms with van der Waals surface area (Å²) in [6.07, 6.45) is 1.48. The van der Waals surface area contributed by atoms with Crippen LogP contribution in [0.4, 0.5) is 0 Å². The van der Waals surface area contributed by atoms with Crippen molar-refractivity contribution in [1.82, 2.24) is 15.2 Å². The summed E-state index contributed by atoms with van der Waals surface area (Å²) in [7, 11) is 2.17. The standard InChI is InChI=1S/C11H26N4O.C2H6/c1-3-14(2)5-4-6-15-7-8-16-11(10-15)9-13-12;1-2/h11,13H,3-10,12H2,1-2H3;1-2H3. The monoisotopic (exact) mass is 260 g/mol. The molecule has 0 spiro atoms. The molecule has 0 radical (unpaired) electrons. The van der Waals surface area contributed by atoms with Gasteiger partial charge < -0.3 is 9.64 Å². The lowest BCUT2D eigenvalue weighted by Gasteiger charge is -2.33. The fraction of sp³-hybridized carbons (Fsp3) is 1.00. The third-order valence-corrected chi connectivity index (χ3v) is 3.12. The molecule has 1 heterocycles. The molecule has 0 aromatic rings. The van der Waals surface area contributed by atoms with Crippen LogP contribution in [0.3, 0.4) is 0 Å². The Morgan fingerprint density at radius 1 is 1.44 bits per heavy atom. The number of rotatable bonds is 7. The highest BCUT2D eigenvalue weighted by Crippen LogP contribution is 2.05. The Hall–Kier alpha value is -0.200. The molecule has 110 valence electrons. The van der Waals surface area contributed by atoms with Crippen molar-refractivity contribution in [2.45, 2.75) is 33.3 Å². The van der Waals surface area contributed by atoms with Crippen LogP contribution in [0.5, 0.6) is 0 Å². The molecule has 0 aromatic carbocycles. The predicted molar refractivity (Wildman–Crippen MR) is 77.5 cm³/mol. The smallest absolute Gasteiger partial charge is 0.0840 e. The van der Waals surface area contributed by atoms with E-state index >= 15 is 0 Å². The first-order valence-electron chi connectivity index (χ1n) is 7.22. The number of morpholine rings is 1. The summed E-state index contributed by atoms with van der Waals surface area (Å²) in [4.78, 5) is 4.81. The molecule has 0 saturated carbocycles. The summed E-state index contributed by atoms with van der Waals surface area (Å²) < 4.78 is 5.60. The SMILES string of the molecule is CC.CCN(C)CCCN1CCOC(CNN)C1. The van der Waals surface area contributed by atoms with Crippen molar-refractivity contribution in [3.8, 4) is 0 Å². The average Bonchev–Trinajstić information content (AvgIpc) is 2.42. The molecule has 0 bridgehead atoms. The van der Waals surface area contributed by atoms with E-state index in [0.717, 1.165) is 39.3 Å². The molecule has 1 unspecified atom stereocenters. The predicted octanol–water partition coefficient (Wildman–Crippen LogP) is 0.519. The van der Waals surface area contributed by atoms with E-state index in [1.54, 1.807) is 0 Å². The summed E-state index contributed by atoms with van der Waals surface area (Å²) in [5.41, 5.74) is 2.68. The van der Waals surface area contributed by atoms with E-state index in [-0.39, 0.29) is 6.10 Å². The lowest BCUT2D eigenvalue weighted by molar-refractivity contribution is -0.0276. The van der Waals surface area contributed by atoms with Gasteiger partial charge in [-0.05, 0) is 33.1 Å². The molecule has 1 saturated heterocycles. The van der Waals surface area contributed by atoms with Crippen LogP contribution in [0.2, 0.25) is 0 Å². The zero-order valence-corrected chi connectivity index (χ0v) is 12.6. The Morgan fingerprint density at radius 2 is 2.17 bits per heavy atom. The van der Waals surface area contributed by atoms with Crippen molar-refractivity contribution in [3.63, 3.8) is 0 Å². The molecular formula is C13H32N4O. The van der Waals surface area contributed by atoms with Crippen LogP contribution in [0.15, 0.2) is 0 Å². The average molecular weight is 260 g/mol. The molecule has 0 aromatic heterocycles. The maximum atomic E-state index is 5.60. The van der Waals surface area contributed by atoms with Gasteiger partial charge in [-0.25, -0.2) is 0 Å². The molecule has 5 nitrogen and oxygen atoms in total. The van der Waals surface area contributed by atoms with Gasteiger partial charge >= 0.3 is 0 Å². The van der Waals surface area contributed by atoms with Crippen molar-refractivity contribution in [3.05, 3.63) is 0 Å². The Labute approximate surface area is 113 Å². The molecule has 18 heavy (non-hydrogen) atoms. The number of hydrogen-bond acceptors (Lipinski definition) is 5. The molecule has 1 rings (SSSR count). The van der Waals surface area contributed by atoms with E-state index < -0.39 is 0 Å². The van der Waals surface area contributed by atoms with Crippen LogP contribution < -0.4 is 11.3 Å². The Morgan fingerprint density at radius 3 is 2.78 bits per heavy atom. The van der Waals surface area contributed by atoms with Gasteiger partial charge in [0.15, 0.2) is 0 Å². The van der Waals surface area contributed by atoms with Crippen LogP contribution in [0, 0.1) is 0 Å². The Bertz CT molecular complexity index is 178. The van der Waals surface area contributed by atoms with E-state index in [1.807, 2.05) is 13.8 Å². The van der Waals surface area contributed by atoms with E-state index in [1.165, 1.54) is 13.0 Å². The van der Waals surface area contributed by atoms with Gasteiger partial charge in [0.1, 0.15) is 0 Å². The normalized spacial score (nSPS) is 20.7. The summed E-state index contributed by atoms with van der Waals surface area (Å²) in [5, 5.41) is 0. The van der Waals surface area contributed by atoms with Crippen molar-refractivity contribution >= 4 is 0 Å². The van der Waals surface area contributed by atoms with E-state index in [2.05, 4.69) is 29.2 Å². The number of nitrogens with one attached hydrogen (secondary N) is 1. The topological polar surface area (TPSA) is 53.8 Å². The summed E-state index contributed by atoms with van der Waals surface area (Å²) in [6, 6.07) is 0. The van der Waals surface area contributed by atoms with Gasteiger partial charge in [0, 0.05) is 19.6 Å². The largest absolute Gasteiger partial charge is 0.374 e. The minimum Gasteiger partial charge on any atom is -0.374 e. The minimum absolute atomic E-state index is 0.252. The highest BCUT2D eigenvalue weighted by Gasteiger charge is 2.19. The molecule has 1 aliphatic rings. The second-order valence-electron chi connectivity index (χ2n) is 4.45. The highest BCUT2D eigenvalue weighted by atomic mass is 16.5. The first-order chi connectivity index (χ1) is 8.76. The van der Waals surface area contributed by atoms with Gasteiger partial charge in [0.05, 0.1) is 12.7 Å². The first-order valence-corrected chi connectivity index (χ1v) is 7.22. The van der Waals surface area contributed by atoms with E-state index in [9.17, 15) is 0 Å². The molecule has 0 aliphatic carbocycles. The van der Waals surface area contributed by atoms with Gasteiger partial charge in [0.2, 0.25) is 0 Å². The lowest BCUT2D eigenvalue weighted by atomic mass is 10.2. The maximum Gasteiger partial charge on any atom is 0.0840 e. The lowest BCUT2D eigenvalue weighted by Crippen LogP contribution is -2.48. The van der Waals surface area contributed by atoms with Crippen LogP contribution >= 0.6 is 0 Å². The van der Waals surface area contributed by atoms with Crippen LogP contribution in [-0.4, -0.2) is 68.8 Å². The van der Waals surface area contributed by atoms with Crippen molar-refractivity contribution in [2.24, 2.45) is 5.84 Å². The number of nitrogens with two attached hydrogens (primary N) is 1. The fourth-order valence-corrected chi connectivity index (χ4v) is 1.96.